The molecule has 2 aromatic heterocycles. The molecule has 36 heavy (non-hydrogen) atoms. The number of aliphatic hydroxyl groups is 1. The van der Waals surface area contributed by atoms with E-state index in [1.807, 2.05) is 48.5 Å². The molecular formula is C25H47N7O4. The van der Waals surface area contributed by atoms with Gasteiger partial charge in [0.1, 0.15) is 17.4 Å². The zero-order chi connectivity index (χ0) is 28.3. The summed E-state index contributed by atoms with van der Waals surface area (Å²) in [5, 5.41) is 7.00. The number of aromatic nitrogens is 4. The fourth-order valence-electron chi connectivity index (χ4n) is 2.99. The van der Waals surface area contributed by atoms with Crippen molar-refractivity contribution < 1.29 is 14.6 Å². The molecule has 2 aromatic rings. The van der Waals surface area contributed by atoms with Crippen molar-refractivity contribution >= 4 is 23.1 Å². The number of nitrogens with zero attached hydrogens (tertiary/aromatic N) is 5. The molecular weight excluding hydrogens is 462 g/mol. The number of ether oxygens (including phenoxy) is 1. The van der Waals surface area contributed by atoms with E-state index in [0.29, 0.717) is 43.2 Å². The van der Waals surface area contributed by atoms with Crippen molar-refractivity contribution in [2.24, 2.45) is 5.73 Å². The van der Waals surface area contributed by atoms with Gasteiger partial charge in [0.15, 0.2) is 11.5 Å². The summed E-state index contributed by atoms with van der Waals surface area (Å²) in [6.45, 7) is 18.0. The van der Waals surface area contributed by atoms with Gasteiger partial charge in [-0.15, -0.1) is 5.92 Å². The van der Waals surface area contributed by atoms with E-state index >= 15 is 0 Å². The maximum Gasteiger partial charge on any atom is 0.410 e. The third-order valence-corrected chi connectivity index (χ3v) is 5.01. The lowest BCUT2D eigenvalue weighted by molar-refractivity contribution is 0.0106. The minimum absolute atomic E-state index is 0.261. The van der Waals surface area contributed by atoms with Crippen LogP contribution < -0.4 is 16.3 Å². The average Bonchev–Trinajstić information content (AvgIpc) is 3.26. The first-order valence-corrected chi connectivity index (χ1v) is 12.4. The van der Waals surface area contributed by atoms with Gasteiger partial charge in [0.2, 0.25) is 0 Å². The number of nitrogens with one attached hydrogen (secondary N) is 1. The van der Waals surface area contributed by atoms with Crippen LogP contribution in [-0.4, -0.2) is 81.6 Å². The lowest BCUT2D eigenvalue weighted by atomic mass is 10.1. The van der Waals surface area contributed by atoms with Crippen LogP contribution in [0.2, 0.25) is 0 Å². The number of hydrogen-bond donors (Lipinski definition) is 3. The van der Waals surface area contributed by atoms with Gasteiger partial charge in [-0.3, -0.25) is 9.55 Å². The number of anilines is 1. The van der Waals surface area contributed by atoms with Crippen molar-refractivity contribution in [3.8, 4) is 11.8 Å². The summed E-state index contributed by atoms with van der Waals surface area (Å²) < 4.78 is 7.13. The van der Waals surface area contributed by atoms with Gasteiger partial charge in [-0.05, 0) is 34.2 Å². The smallest absolute Gasteiger partial charge is 0.410 e. The number of H-pyrrole nitrogens is 1. The van der Waals surface area contributed by atoms with Crippen LogP contribution in [0.5, 0.6) is 0 Å². The number of carbonyl (C=O) groups is 1. The number of amides is 1. The number of piperazine rings is 1. The molecule has 0 bridgehead atoms. The van der Waals surface area contributed by atoms with Gasteiger partial charge in [0.25, 0.3) is 0 Å². The highest BCUT2D eigenvalue weighted by Gasteiger charge is 2.29. The van der Waals surface area contributed by atoms with Crippen molar-refractivity contribution in [3.63, 3.8) is 0 Å². The Morgan fingerprint density at radius 2 is 1.69 bits per heavy atom. The number of carbonyl (C=O) groups excluding carboxylic acids is 1. The van der Waals surface area contributed by atoms with Gasteiger partial charge < -0.3 is 25.4 Å². The Hall–Kier alpha value is -3.10. The van der Waals surface area contributed by atoms with Crippen molar-refractivity contribution in [2.75, 3.05) is 45.2 Å². The highest BCUT2D eigenvalue weighted by atomic mass is 16.6. The van der Waals surface area contributed by atoms with E-state index in [9.17, 15) is 9.59 Å². The first-order chi connectivity index (χ1) is 17.4. The number of hydrogen-bond acceptors (Lipinski definition) is 8. The van der Waals surface area contributed by atoms with E-state index in [2.05, 4.69) is 37.4 Å². The van der Waals surface area contributed by atoms with Crippen molar-refractivity contribution in [3.05, 3.63) is 16.8 Å². The van der Waals surface area contributed by atoms with Gasteiger partial charge in [-0.2, -0.15) is 0 Å². The molecule has 0 aliphatic carbocycles. The van der Waals surface area contributed by atoms with E-state index in [-0.39, 0.29) is 18.3 Å². The second kappa shape index (κ2) is 19.1. The summed E-state index contributed by atoms with van der Waals surface area (Å²) in [5.74, 6) is 6.38. The van der Waals surface area contributed by atoms with E-state index in [1.54, 1.807) is 16.4 Å². The quantitative estimate of drug-likeness (QED) is 0.534. The Bertz CT molecular complexity index is 982. The molecule has 0 spiro atoms. The summed E-state index contributed by atoms with van der Waals surface area (Å²) in [5.41, 5.74) is 4.88. The summed E-state index contributed by atoms with van der Waals surface area (Å²) in [6.07, 6.45) is 1.90. The van der Waals surface area contributed by atoms with Crippen molar-refractivity contribution in [1.82, 2.24) is 24.4 Å². The zero-order valence-electron chi connectivity index (χ0n) is 23.8. The first-order valence-electron chi connectivity index (χ1n) is 12.4. The van der Waals surface area contributed by atoms with Gasteiger partial charge >= 0.3 is 11.8 Å². The molecule has 3 heterocycles. The van der Waals surface area contributed by atoms with Crippen LogP contribution in [0.25, 0.3) is 11.2 Å². The SMILES string of the molecule is CC.CC.CC#CCn1c(=O)[nH]c2ncnc(N3CCN(C(=O)OC(C)(C)CC)CC3)c21.CN.CO. The second-order valence-electron chi connectivity index (χ2n) is 7.29. The van der Waals surface area contributed by atoms with Crippen LogP contribution in [0.1, 0.15) is 61.8 Å². The number of nitrogens with two attached hydrogens (primary N) is 1. The molecule has 1 saturated heterocycles. The Morgan fingerprint density at radius 3 is 2.19 bits per heavy atom. The zero-order valence-corrected chi connectivity index (χ0v) is 23.8. The molecule has 3 rings (SSSR count). The van der Waals surface area contributed by atoms with Crippen LogP contribution in [0.15, 0.2) is 11.1 Å². The predicted molar refractivity (Wildman–Crippen MR) is 147 cm³/mol. The monoisotopic (exact) mass is 509 g/mol. The van der Waals surface area contributed by atoms with Crippen LogP contribution in [-0.2, 0) is 11.3 Å². The molecule has 1 amide bonds. The molecule has 206 valence electrons. The Morgan fingerprint density at radius 1 is 1.14 bits per heavy atom. The Labute approximate surface area is 216 Å². The first kappa shape index (κ1) is 35.1. The van der Waals surface area contributed by atoms with E-state index in [0.717, 1.165) is 13.5 Å². The summed E-state index contributed by atoms with van der Waals surface area (Å²) in [4.78, 5) is 39.8. The predicted octanol–water partition coefficient (Wildman–Crippen LogP) is 2.83. The van der Waals surface area contributed by atoms with E-state index in [1.165, 1.54) is 13.4 Å². The molecule has 1 fully saturated rings. The van der Waals surface area contributed by atoms with Crippen LogP contribution in [0, 0.1) is 11.8 Å². The Kier molecular flexibility index (Phi) is 18.6. The molecule has 11 nitrogen and oxygen atoms in total. The molecule has 0 radical (unpaired) electrons. The molecule has 4 N–H and O–H groups in total. The molecule has 1 aliphatic rings. The minimum atomic E-state index is -0.478. The van der Waals surface area contributed by atoms with Gasteiger partial charge in [0.05, 0.1) is 6.54 Å². The van der Waals surface area contributed by atoms with Crippen molar-refractivity contribution in [2.45, 2.75) is 74.0 Å². The topological polar surface area (TPSA) is 143 Å². The second-order valence-corrected chi connectivity index (χ2v) is 7.29. The number of fused-ring (bicyclic) bond motifs is 1. The standard InChI is InChI=1S/C19H26N6O3.2C2H6.CH5N.CH4O/c1-5-7-8-25-14-15(22-17(25)26)20-13-21-16(14)23-9-11-24(12-10-23)18(27)28-19(3,4)6-2;4*1-2/h13H,6,8-12H2,1-4H3,(H,20,21,22,26);2*1-2H3;2H2,1H3;2H,1H3. The van der Waals surface area contributed by atoms with Crippen molar-refractivity contribution in [1.29, 1.82) is 0 Å². The van der Waals surface area contributed by atoms with Gasteiger partial charge in [-0.1, -0.05) is 40.5 Å². The lowest BCUT2D eigenvalue weighted by Gasteiger charge is -2.36. The molecule has 0 atom stereocenters. The van der Waals surface area contributed by atoms with Crippen LogP contribution in [0.3, 0.4) is 0 Å². The fraction of sp³-hybridized carbons (Fsp3) is 0.680. The number of aliphatic hydroxyl groups excluding tert-OH is 1. The normalized spacial score (nSPS) is 12.1. The summed E-state index contributed by atoms with van der Waals surface area (Å²) in [7, 11) is 2.50. The maximum absolute atomic E-state index is 12.4. The average molecular weight is 510 g/mol. The molecule has 0 aromatic carbocycles. The third-order valence-electron chi connectivity index (χ3n) is 5.01. The summed E-state index contributed by atoms with van der Waals surface area (Å²) in [6, 6.07) is 0. The van der Waals surface area contributed by atoms with Gasteiger partial charge in [-0.25, -0.2) is 19.6 Å². The Balaban J connectivity index is 0. The van der Waals surface area contributed by atoms with E-state index < -0.39 is 5.60 Å². The third kappa shape index (κ3) is 9.87. The maximum atomic E-state index is 12.4. The van der Waals surface area contributed by atoms with Gasteiger partial charge in [0, 0.05) is 33.3 Å². The van der Waals surface area contributed by atoms with E-state index in [4.69, 9.17) is 9.84 Å². The number of imidazole rings is 1. The molecule has 11 heteroatoms. The van der Waals surface area contributed by atoms with Crippen LogP contribution in [0.4, 0.5) is 10.6 Å². The minimum Gasteiger partial charge on any atom is -0.443 e. The van der Waals surface area contributed by atoms with Crippen LogP contribution >= 0.6 is 0 Å². The molecule has 0 unspecified atom stereocenters. The highest BCUT2D eigenvalue weighted by molar-refractivity contribution is 5.84. The number of aromatic amines is 1. The molecule has 1 aliphatic heterocycles. The number of rotatable bonds is 4. The fourth-order valence-corrected chi connectivity index (χ4v) is 2.99. The summed E-state index contributed by atoms with van der Waals surface area (Å²) >= 11 is 0. The highest BCUT2D eigenvalue weighted by Crippen LogP contribution is 2.23. The lowest BCUT2D eigenvalue weighted by Crippen LogP contribution is -2.50. The largest absolute Gasteiger partial charge is 0.443 e. The molecule has 0 saturated carbocycles.